The average Bonchev–Trinajstić information content (AvgIpc) is 2.47. The molecule has 0 unspecified atom stereocenters. The zero-order valence-corrected chi connectivity index (χ0v) is 9.01. The van der Waals surface area contributed by atoms with Gasteiger partial charge in [-0.1, -0.05) is 0 Å². The van der Waals surface area contributed by atoms with Gasteiger partial charge in [0.2, 0.25) is 10.0 Å². The third-order valence-electron chi connectivity index (χ3n) is 1.88. The SMILES string of the molecule is CCS(=O)(=O)N1CCN(C(=O)Cl)C1=O. The number of hydrogen-bond donors (Lipinski definition) is 0. The maximum atomic E-state index is 11.3. The van der Waals surface area contributed by atoms with Crippen LogP contribution in [0.3, 0.4) is 0 Å². The maximum Gasteiger partial charge on any atom is 0.341 e. The predicted octanol–water partition coefficient (Wildman–Crippen LogP) is 0.433. The van der Waals surface area contributed by atoms with Crippen molar-refractivity contribution in [3.8, 4) is 0 Å². The highest BCUT2D eigenvalue weighted by Gasteiger charge is 2.38. The predicted molar refractivity (Wildman–Crippen MR) is 49.5 cm³/mol. The van der Waals surface area contributed by atoms with Gasteiger partial charge in [0.15, 0.2) is 0 Å². The molecule has 80 valence electrons. The lowest BCUT2D eigenvalue weighted by atomic mass is 10.7. The van der Waals surface area contributed by atoms with Crippen molar-refractivity contribution in [2.75, 3.05) is 18.8 Å². The Morgan fingerprint density at radius 3 is 2.43 bits per heavy atom. The van der Waals surface area contributed by atoms with E-state index in [9.17, 15) is 18.0 Å². The molecule has 0 aromatic heterocycles. The van der Waals surface area contributed by atoms with E-state index in [4.69, 9.17) is 11.6 Å². The molecule has 1 aliphatic rings. The molecular formula is C6H9ClN2O4S. The molecule has 0 radical (unpaired) electrons. The Balaban J connectivity index is 2.90. The summed E-state index contributed by atoms with van der Waals surface area (Å²) in [5.41, 5.74) is 0. The molecule has 1 saturated heterocycles. The summed E-state index contributed by atoms with van der Waals surface area (Å²) in [7, 11) is -3.58. The standard InChI is InChI=1S/C6H9ClN2O4S/c1-2-14(12,13)9-4-3-8(5(7)10)6(9)11/h2-4H2,1H3. The van der Waals surface area contributed by atoms with Gasteiger partial charge in [-0.05, 0) is 18.5 Å². The molecule has 0 spiro atoms. The number of rotatable bonds is 2. The van der Waals surface area contributed by atoms with Gasteiger partial charge < -0.3 is 0 Å². The van der Waals surface area contributed by atoms with Gasteiger partial charge in [0.1, 0.15) is 0 Å². The summed E-state index contributed by atoms with van der Waals surface area (Å²) >= 11 is 5.08. The Morgan fingerprint density at radius 2 is 2.07 bits per heavy atom. The smallest absolute Gasteiger partial charge is 0.255 e. The zero-order valence-electron chi connectivity index (χ0n) is 7.43. The second-order valence-corrected chi connectivity index (χ2v) is 5.17. The van der Waals surface area contributed by atoms with Crippen LogP contribution in [0.4, 0.5) is 9.59 Å². The molecule has 8 heteroatoms. The van der Waals surface area contributed by atoms with Crippen LogP contribution in [0.15, 0.2) is 0 Å². The molecule has 0 atom stereocenters. The van der Waals surface area contributed by atoms with E-state index in [0.717, 1.165) is 0 Å². The molecule has 3 amide bonds. The van der Waals surface area contributed by atoms with Gasteiger partial charge >= 0.3 is 11.4 Å². The highest BCUT2D eigenvalue weighted by Crippen LogP contribution is 2.15. The first-order valence-corrected chi connectivity index (χ1v) is 5.90. The van der Waals surface area contributed by atoms with Crippen LogP contribution < -0.4 is 0 Å². The van der Waals surface area contributed by atoms with Crippen molar-refractivity contribution in [2.24, 2.45) is 0 Å². The third-order valence-corrected chi connectivity index (χ3v) is 3.83. The van der Waals surface area contributed by atoms with Crippen molar-refractivity contribution in [1.29, 1.82) is 0 Å². The van der Waals surface area contributed by atoms with Crippen molar-refractivity contribution < 1.29 is 18.0 Å². The van der Waals surface area contributed by atoms with Crippen molar-refractivity contribution in [3.63, 3.8) is 0 Å². The summed E-state index contributed by atoms with van der Waals surface area (Å²) in [6.07, 6.45) is 0. The first kappa shape index (κ1) is 11.3. The second kappa shape index (κ2) is 3.74. The largest absolute Gasteiger partial charge is 0.341 e. The van der Waals surface area contributed by atoms with Gasteiger partial charge in [-0.2, -0.15) is 0 Å². The lowest BCUT2D eigenvalue weighted by Crippen LogP contribution is -2.37. The summed E-state index contributed by atoms with van der Waals surface area (Å²) in [6, 6.07) is -0.869. The van der Waals surface area contributed by atoms with Gasteiger partial charge in [-0.15, -0.1) is 0 Å². The van der Waals surface area contributed by atoms with Crippen LogP contribution in [0.2, 0.25) is 0 Å². The minimum atomic E-state index is -3.58. The molecule has 1 rings (SSSR count). The van der Waals surface area contributed by atoms with Crippen molar-refractivity contribution in [2.45, 2.75) is 6.92 Å². The molecule has 6 nitrogen and oxygen atoms in total. The molecule has 14 heavy (non-hydrogen) atoms. The number of urea groups is 1. The highest BCUT2D eigenvalue weighted by molar-refractivity contribution is 7.89. The van der Waals surface area contributed by atoms with Crippen LogP contribution >= 0.6 is 11.6 Å². The van der Waals surface area contributed by atoms with E-state index < -0.39 is 21.4 Å². The van der Waals surface area contributed by atoms with Crippen LogP contribution in [0.5, 0.6) is 0 Å². The minimum absolute atomic E-state index is 0.0143. The van der Waals surface area contributed by atoms with Crippen LogP contribution in [-0.2, 0) is 10.0 Å². The molecule has 0 aromatic carbocycles. The number of nitrogens with zero attached hydrogens (tertiary/aromatic N) is 2. The fraction of sp³-hybridized carbons (Fsp3) is 0.667. The van der Waals surface area contributed by atoms with Crippen LogP contribution in [0.1, 0.15) is 6.92 Å². The van der Waals surface area contributed by atoms with E-state index in [0.29, 0.717) is 9.21 Å². The molecule has 0 aliphatic carbocycles. The van der Waals surface area contributed by atoms with E-state index >= 15 is 0 Å². The minimum Gasteiger partial charge on any atom is -0.255 e. The number of carbonyl (C=O) groups is 2. The van der Waals surface area contributed by atoms with E-state index in [2.05, 4.69) is 0 Å². The first-order chi connectivity index (χ1) is 6.40. The second-order valence-electron chi connectivity index (χ2n) is 2.66. The Morgan fingerprint density at radius 1 is 1.50 bits per heavy atom. The monoisotopic (exact) mass is 240 g/mol. The number of sulfonamides is 1. The average molecular weight is 241 g/mol. The highest BCUT2D eigenvalue weighted by atomic mass is 35.5. The molecule has 0 saturated carbocycles. The van der Waals surface area contributed by atoms with Gasteiger partial charge in [-0.3, -0.25) is 4.79 Å². The fourth-order valence-corrected chi connectivity index (χ4v) is 2.26. The molecule has 1 aliphatic heterocycles. The molecule has 1 fully saturated rings. The zero-order chi connectivity index (χ0) is 10.9. The number of carbonyl (C=O) groups excluding carboxylic acids is 2. The lowest BCUT2D eigenvalue weighted by molar-refractivity contribution is 0.205. The fourth-order valence-electron chi connectivity index (χ4n) is 1.09. The summed E-state index contributed by atoms with van der Waals surface area (Å²) in [6.45, 7) is 1.42. The summed E-state index contributed by atoms with van der Waals surface area (Å²) in [4.78, 5) is 22.7. The Kier molecular flexibility index (Phi) is 3.01. The van der Waals surface area contributed by atoms with E-state index in [1.54, 1.807) is 0 Å². The van der Waals surface area contributed by atoms with E-state index in [1.807, 2.05) is 0 Å². The van der Waals surface area contributed by atoms with Crippen LogP contribution in [-0.4, -0.2) is 47.9 Å². The Labute approximate surface area is 86.5 Å². The molecule has 0 aromatic rings. The topological polar surface area (TPSA) is 74.8 Å². The van der Waals surface area contributed by atoms with Gasteiger partial charge in [0.05, 0.1) is 18.8 Å². The van der Waals surface area contributed by atoms with Crippen molar-refractivity contribution in [1.82, 2.24) is 9.21 Å². The molecule has 0 bridgehead atoms. The van der Waals surface area contributed by atoms with Gasteiger partial charge in [0, 0.05) is 0 Å². The van der Waals surface area contributed by atoms with E-state index in [1.165, 1.54) is 6.92 Å². The summed E-state index contributed by atoms with van der Waals surface area (Å²) in [5.74, 6) is -0.178. The van der Waals surface area contributed by atoms with Crippen molar-refractivity contribution in [3.05, 3.63) is 0 Å². The number of imide groups is 1. The van der Waals surface area contributed by atoms with E-state index in [-0.39, 0.29) is 18.8 Å². The number of halogens is 1. The third kappa shape index (κ3) is 1.83. The lowest BCUT2D eigenvalue weighted by Gasteiger charge is -2.14. The first-order valence-electron chi connectivity index (χ1n) is 3.91. The quantitative estimate of drug-likeness (QED) is 0.518. The summed E-state index contributed by atoms with van der Waals surface area (Å²) in [5, 5.41) is -0.955. The van der Waals surface area contributed by atoms with Crippen LogP contribution in [0, 0.1) is 0 Å². The molecule has 0 N–H and O–H groups in total. The maximum absolute atomic E-state index is 11.3. The number of amides is 3. The van der Waals surface area contributed by atoms with Gasteiger partial charge in [-0.25, -0.2) is 22.4 Å². The molecular weight excluding hydrogens is 232 g/mol. The normalized spacial score (nSPS) is 17.7. The Hall–Kier alpha value is -0.820. The van der Waals surface area contributed by atoms with Crippen LogP contribution in [0.25, 0.3) is 0 Å². The van der Waals surface area contributed by atoms with Crippen molar-refractivity contribution >= 4 is 33.0 Å². The Bertz CT molecular complexity index is 366. The summed E-state index contributed by atoms with van der Waals surface area (Å²) < 4.78 is 23.3. The number of hydrogen-bond acceptors (Lipinski definition) is 4. The molecule has 1 heterocycles. The van der Waals surface area contributed by atoms with Gasteiger partial charge in [0.25, 0.3) is 0 Å².